The molecule has 0 aromatic heterocycles. The molecule has 0 heterocycles. The van der Waals surface area contributed by atoms with E-state index in [1.807, 2.05) is 192 Å². The summed E-state index contributed by atoms with van der Waals surface area (Å²) in [7, 11) is 0. The van der Waals surface area contributed by atoms with Crippen molar-refractivity contribution in [2.24, 2.45) is 0 Å². The zero-order valence-electron chi connectivity index (χ0n) is 80.0. The van der Waals surface area contributed by atoms with Gasteiger partial charge in [0.25, 0.3) is 0 Å². The minimum absolute atomic E-state index is 0.0772. The second kappa shape index (κ2) is 41.7. The van der Waals surface area contributed by atoms with Crippen molar-refractivity contribution in [2.75, 3.05) is 0 Å². The average Bonchev–Trinajstić information content (AvgIpc) is 0.779. The lowest BCUT2D eigenvalue weighted by molar-refractivity contribution is -0.00343. The standard InChI is InChI=1S/C117H98Br8N10/c1-63-37-75(25-27-77-49-79(29-33-83-55-91(118)105(92(119)56-83)110(132-127)101-67(5)41-87(42-68(101)6)114(13,14)15)53-80(50-77)30-34-84-57-93(120)106(94(121)58-84)111(133-128)102-69(7)43-88(44-70(102)8)115(16,17)18)38-64(2)99(63)109(131-126)100-65(3)39-76(40-66(100)4)26-28-78-51-81(31-35-85-59-95(122)107(96(123)60-85)112(134-129)103-71(9)45-89(46-72(103)10)116(19,20)21)54-82(52-78)32-36-86-61-97(124)108(98(125)62-86)113(135-130)104-73(11)47-90(48-74(104)12)117(22,23)24/h37-62H,1-24H3. The second-order valence-corrected chi connectivity index (χ2v) is 45.3. The van der Waals surface area contributed by atoms with Gasteiger partial charge >= 0.3 is 28.6 Å². The Bertz CT molecular complexity index is 6760. The van der Waals surface area contributed by atoms with E-state index in [2.05, 4.69) is 354 Å². The maximum atomic E-state index is 11.2. The fourth-order valence-electron chi connectivity index (χ4n) is 17.1. The van der Waals surface area contributed by atoms with E-state index in [4.69, 9.17) is 0 Å². The predicted molar refractivity (Wildman–Crippen MR) is 581 cm³/mol. The van der Waals surface area contributed by atoms with E-state index in [1.54, 1.807) is 0 Å². The summed E-state index contributed by atoms with van der Waals surface area (Å²) in [5.74, 6) is 41.0. The SMILES string of the molecule is Cc1cc(C#Cc2cc(C#Cc3cc(Br)c(C(=[N+]=[N-])c4c(C)cc(C(C)(C)C)cc4C)c(Br)c3)cc(C#Cc3cc(Br)c(C(=[N+]=[N-])c4c(C)cc(C(C)(C)C)cc4C)c(Br)c3)c2)cc(C)c1C(=[N+]=[N-])c1c(C)cc(C#Cc2cc(C#Cc3cc(Br)c(C(=[N+]=[N-])c4c(C)cc(C(C)(C)C)cc4C)c(Br)c3)cc(C#Cc3cc(Br)c(C(=[N+]=[N-])c4c(C)cc(C(C)(C)C)cc4C)c(Br)c3)c2)cc1C. The van der Waals surface area contributed by atoms with Crippen molar-refractivity contribution in [2.45, 2.75) is 188 Å². The van der Waals surface area contributed by atoms with Crippen molar-refractivity contribution < 1.29 is 23.9 Å². The Morgan fingerprint density at radius 1 is 0.170 bits per heavy atom. The molecule has 10 nitrogen and oxygen atoms in total. The first-order chi connectivity index (χ1) is 63.4. The number of hydrogen-bond donors (Lipinski definition) is 0. The molecule has 0 unspecified atom stereocenters. The van der Waals surface area contributed by atoms with Gasteiger partial charge in [-0.05, 0) is 430 Å². The van der Waals surface area contributed by atoms with Crippen LogP contribution in [-0.4, -0.2) is 52.5 Å². The van der Waals surface area contributed by atoms with Crippen molar-refractivity contribution in [3.63, 3.8) is 0 Å². The zero-order valence-corrected chi connectivity index (χ0v) is 92.7. The van der Waals surface area contributed by atoms with Crippen molar-refractivity contribution >= 4 is 156 Å². The van der Waals surface area contributed by atoms with Crippen molar-refractivity contribution in [3.05, 3.63) is 433 Å². The lowest BCUT2D eigenvalue weighted by Crippen LogP contribution is -2.16. The molecule has 0 aliphatic heterocycles. The third-order valence-electron chi connectivity index (χ3n) is 23.7. The molecule has 0 amide bonds. The van der Waals surface area contributed by atoms with Gasteiger partial charge in [0.05, 0.1) is 55.6 Å². The third kappa shape index (κ3) is 23.4. The molecule has 0 atom stereocenters. The minimum atomic E-state index is -0.0772. The minimum Gasteiger partial charge on any atom is -0.361 e. The first-order valence-electron chi connectivity index (χ1n) is 43.6. The quantitative estimate of drug-likeness (QED) is 0.0547. The van der Waals surface area contributed by atoms with Crippen molar-refractivity contribution in [1.29, 1.82) is 0 Å². The normalized spacial score (nSPS) is 11.1. The van der Waals surface area contributed by atoms with Gasteiger partial charge < -0.3 is 27.7 Å². The van der Waals surface area contributed by atoms with Crippen LogP contribution in [0.1, 0.15) is 294 Å². The van der Waals surface area contributed by atoms with E-state index < -0.39 is 0 Å². The molecule has 0 aliphatic carbocycles. The van der Waals surface area contributed by atoms with Crippen molar-refractivity contribution in [1.82, 2.24) is 0 Å². The van der Waals surface area contributed by atoms with Crippen LogP contribution in [0.3, 0.4) is 0 Å². The van der Waals surface area contributed by atoms with Crippen LogP contribution in [0.5, 0.6) is 0 Å². The Kier molecular flexibility index (Phi) is 31.8. The summed E-state index contributed by atoms with van der Waals surface area (Å²) in [5.41, 5.74) is 87.6. The fourth-order valence-corrected chi connectivity index (χ4v) is 23.3. The van der Waals surface area contributed by atoms with Gasteiger partial charge in [-0.25, -0.2) is 0 Å². The van der Waals surface area contributed by atoms with Gasteiger partial charge in [0.1, 0.15) is 0 Å². The molecule has 12 aromatic carbocycles. The lowest BCUT2D eigenvalue weighted by Gasteiger charge is -2.21. The largest absolute Gasteiger partial charge is 0.361 e. The number of rotatable bonds is 10. The highest BCUT2D eigenvalue weighted by Gasteiger charge is 2.34. The van der Waals surface area contributed by atoms with Gasteiger partial charge in [-0.15, -0.1) is 0 Å². The van der Waals surface area contributed by atoms with Gasteiger partial charge in [0, 0.05) is 103 Å². The third-order valence-corrected chi connectivity index (χ3v) is 28.7. The molecule has 12 rings (SSSR count). The molecule has 0 bridgehead atoms. The van der Waals surface area contributed by atoms with E-state index in [-0.39, 0.29) is 21.7 Å². The monoisotopic (exact) mass is 2270 g/mol. The first kappa shape index (κ1) is 103. The summed E-state index contributed by atoms with van der Waals surface area (Å²) < 4.78 is 5.43. The molecule has 12 aromatic rings. The van der Waals surface area contributed by atoms with Crippen LogP contribution in [-0.2, 0) is 21.7 Å². The Labute approximate surface area is 862 Å². The van der Waals surface area contributed by atoms with Crippen LogP contribution in [0.25, 0.3) is 27.7 Å². The Morgan fingerprint density at radius 3 is 0.393 bits per heavy atom. The Morgan fingerprint density at radius 2 is 0.274 bits per heavy atom. The summed E-state index contributed by atoms with van der Waals surface area (Å²) in [5, 5.41) is 0. The highest BCUT2D eigenvalue weighted by Crippen LogP contribution is 2.41. The maximum absolute atomic E-state index is 11.2. The summed E-state index contributed by atoms with van der Waals surface area (Å²) in [6, 6.07) is 52.2. The van der Waals surface area contributed by atoms with Crippen LogP contribution < -0.4 is 0 Å². The van der Waals surface area contributed by atoms with E-state index in [1.165, 1.54) is 22.3 Å². The summed E-state index contributed by atoms with van der Waals surface area (Å²) in [4.78, 5) is 19.6. The van der Waals surface area contributed by atoms with Crippen LogP contribution >= 0.6 is 127 Å². The van der Waals surface area contributed by atoms with E-state index in [0.717, 1.165) is 111 Å². The van der Waals surface area contributed by atoms with E-state index in [9.17, 15) is 27.7 Å². The van der Waals surface area contributed by atoms with Gasteiger partial charge in [-0.3, -0.25) is 0 Å². The van der Waals surface area contributed by atoms with E-state index >= 15 is 0 Å². The van der Waals surface area contributed by atoms with Gasteiger partial charge in [-0.1, -0.05) is 203 Å². The summed E-state index contributed by atoms with van der Waals surface area (Å²) in [6.07, 6.45) is 0. The summed E-state index contributed by atoms with van der Waals surface area (Å²) >= 11 is 30.7. The second-order valence-electron chi connectivity index (χ2n) is 38.5. The summed E-state index contributed by atoms with van der Waals surface area (Å²) in [6.45, 7) is 50.5. The van der Waals surface area contributed by atoms with Gasteiger partial charge in [0.15, 0.2) is 0 Å². The van der Waals surface area contributed by atoms with Crippen LogP contribution in [0, 0.1) is 154 Å². The molecule has 0 fully saturated rings. The maximum Gasteiger partial charge on any atom is 0.332 e. The first-order valence-corrected chi connectivity index (χ1v) is 50.0. The number of nitrogens with zero attached hydrogens (tertiary/aromatic N) is 10. The Balaban J connectivity index is 0.883. The molecule has 0 saturated heterocycles. The van der Waals surface area contributed by atoms with Crippen LogP contribution in [0.15, 0.2) is 194 Å². The van der Waals surface area contributed by atoms with Crippen molar-refractivity contribution in [3.8, 4) is 71.0 Å². The molecule has 0 aliphatic rings. The highest BCUT2D eigenvalue weighted by atomic mass is 79.9. The molecule has 0 saturated carbocycles. The molecule has 0 spiro atoms. The fraction of sp³-hybridized carbons (Fsp3) is 0.239. The molecule has 135 heavy (non-hydrogen) atoms. The zero-order chi connectivity index (χ0) is 98.9. The topological polar surface area (TPSA) is 182 Å². The van der Waals surface area contributed by atoms with E-state index in [0.29, 0.717) is 142 Å². The molecule has 672 valence electrons. The van der Waals surface area contributed by atoms with Gasteiger partial charge in [0.2, 0.25) is 0 Å². The molecule has 0 N–H and O–H groups in total. The number of aryl methyl sites for hydroxylation is 12. The molecular formula is C117H98Br8N10. The van der Waals surface area contributed by atoms with Crippen LogP contribution in [0.2, 0.25) is 0 Å². The van der Waals surface area contributed by atoms with Crippen LogP contribution in [0.4, 0.5) is 0 Å². The average molecular weight is 2280 g/mol. The molecule has 18 heteroatoms. The molecule has 0 radical (unpaired) electrons. The van der Waals surface area contributed by atoms with Gasteiger partial charge in [-0.2, -0.15) is 23.9 Å². The highest BCUT2D eigenvalue weighted by molar-refractivity contribution is 9.12. The Hall–Kier alpha value is -11.3. The smallest absolute Gasteiger partial charge is 0.332 e. The predicted octanol–water partition coefficient (Wildman–Crippen LogP) is 30.4. The lowest BCUT2D eigenvalue weighted by atomic mass is 9.82. The number of halogens is 8. The molecular weight excluding hydrogens is 2180 g/mol. The number of hydrogen-bond acceptors (Lipinski definition) is 0. The number of benzene rings is 12.